The van der Waals surface area contributed by atoms with Crippen molar-refractivity contribution in [3.63, 3.8) is 0 Å². The highest BCUT2D eigenvalue weighted by molar-refractivity contribution is 5.78. The van der Waals surface area contributed by atoms with Crippen molar-refractivity contribution in [3.8, 4) is 0 Å². The molecule has 0 aliphatic carbocycles. The van der Waals surface area contributed by atoms with Crippen LogP contribution in [0.5, 0.6) is 0 Å². The van der Waals surface area contributed by atoms with Crippen LogP contribution in [0.2, 0.25) is 0 Å². The van der Waals surface area contributed by atoms with Gasteiger partial charge in [-0.3, -0.25) is 20.0 Å². The van der Waals surface area contributed by atoms with Gasteiger partial charge < -0.3 is 5.11 Å². The maximum Gasteiger partial charge on any atom is 0.303 e. The quantitative estimate of drug-likeness (QED) is 0.738. The first-order valence-corrected chi connectivity index (χ1v) is 5.65. The molecular formula is C12H17N3O3. The van der Waals surface area contributed by atoms with Gasteiger partial charge in [-0.2, -0.15) is 0 Å². The molecule has 2 N–H and O–H groups in total. The highest BCUT2D eigenvalue weighted by atomic mass is 16.4. The molecule has 6 nitrogen and oxygen atoms in total. The van der Waals surface area contributed by atoms with E-state index in [2.05, 4.69) is 10.4 Å². The molecule has 0 bridgehead atoms. The van der Waals surface area contributed by atoms with Crippen molar-refractivity contribution < 1.29 is 14.7 Å². The zero-order valence-corrected chi connectivity index (χ0v) is 10.5. The number of hydrogen-bond acceptors (Lipinski definition) is 4. The van der Waals surface area contributed by atoms with Crippen molar-refractivity contribution in [1.82, 2.24) is 10.4 Å². The second-order valence-electron chi connectivity index (χ2n) is 4.19. The van der Waals surface area contributed by atoms with Gasteiger partial charge in [0.2, 0.25) is 5.91 Å². The predicted octanol–water partition coefficient (Wildman–Crippen LogP) is 1.05. The van der Waals surface area contributed by atoms with Crippen LogP contribution in [-0.2, 0) is 9.59 Å². The number of carbonyl (C=O) groups is 2. The van der Waals surface area contributed by atoms with Gasteiger partial charge in [-0.15, -0.1) is 0 Å². The molecule has 1 aromatic rings. The van der Waals surface area contributed by atoms with E-state index in [9.17, 15) is 9.59 Å². The molecule has 1 aromatic heterocycles. The van der Waals surface area contributed by atoms with Gasteiger partial charge in [0.15, 0.2) is 0 Å². The number of aliphatic carboxylic acids is 1. The molecule has 1 amide bonds. The number of hydrogen-bond donors (Lipinski definition) is 2. The van der Waals surface area contributed by atoms with Gasteiger partial charge in [0.25, 0.3) is 0 Å². The van der Waals surface area contributed by atoms with Crippen LogP contribution < -0.4 is 10.4 Å². The van der Waals surface area contributed by atoms with Crippen molar-refractivity contribution >= 4 is 17.7 Å². The van der Waals surface area contributed by atoms with E-state index < -0.39 is 5.97 Å². The summed E-state index contributed by atoms with van der Waals surface area (Å²) < 4.78 is 0. The molecule has 1 atom stereocenters. The van der Waals surface area contributed by atoms with E-state index >= 15 is 0 Å². The SMILES string of the molecule is CC(CC(=O)O)CC(=O)NN(C)c1ccccn1. The lowest BCUT2D eigenvalue weighted by Crippen LogP contribution is -2.40. The van der Waals surface area contributed by atoms with Gasteiger partial charge >= 0.3 is 5.97 Å². The Kier molecular flexibility index (Phi) is 5.10. The van der Waals surface area contributed by atoms with Crippen LogP contribution in [0.4, 0.5) is 5.82 Å². The molecule has 0 fully saturated rings. The molecule has 0 radical (unpaired) electrons. The number of amides is 1. The van der Waals surface area contributed by atoms with Gasteiger partial charge in [-0.05, 0) is 18.1 Å². The highest BCUT2D eigenvalue weighted by Gasteiger charge is 2.14. The van der Waals surface area contributed by atoms with Gasteiger partial charge in [-0.1, -0.05) is 13.0 Å². The van der Waals surface area contributed by atoms with Crippen molar-refractivity contribution in [3.05, 3.63) is 24.4 Å². The third-order valence-electron chi connectivity index (χ3n) is 2.34. The van der Waals surface area contributed by atoms with Crippen LogP contribution in [0.15, 0.2) is 24.4 Å². The molecule has 0 saturated heterocycles. The van der Waals surface area contributed by atoms with Crippen molar-refractivity contribution in [2.45, 2.75) is 19.8 Å². The van der Waals surface area contributed by atoms with Crippen LogP contribution in [-0.4, -0.2) is 29.0 Å². The highest BCUT2D eigenvalue weighted by Crippen LogP contribution is 2.08. The number of carboxylic acids is 1. The Morgan fingerprint density at radius 2 is 2.17 bits per heavy atom. The molecular weight excluding hydrogens is 234 g/mol. The standard InChI is InChI=1S/C12H17N3O3/c1-9(8-12(17)18)7-11(16)14-15(2)10-5-3-4-6-13-10/h3-6,9H,7-8H2,1-2H3,(H,14,16)(H,17,18). The number of carbonyl (C=O) groups excluding carboxylic acids is 1. The molecule has 98 valence electrons. The second-order valence-corrected chi connectivity index (χ2v) is 4.19. The molecule has 0 spiro atoms. The molecule has 1 unspecified atom stereocenters. The van der Waals surface area contributed by atoms with Gasteiger partial charge in [0.1, 0.15) is 5.82 Å². The van der Waals surface area contributed by atoms with E-state index in [4.69, 9.17) is 5.11 Å². The van der Waals surface area contributed by atoms with E-state index in [0.717, 1.165) is 0 Å². The Morgan fingerprint density at radius 3 is 2.72 bits per heavy atom. The Hall–Kier alpha value is -2.11. The molecule has 1 rings (SSSR count). The Balaban J connectivity index is 2.43. The lowest BCUT2D eigenvalue weighted by Gasteiger charge is -2.19. The summed E-state index contributed by atoms with van der Waals surface area (Å²) >= 11 is 0. The lowest BCUT2D eigenvalue weighted by atomic mass is 10.0. The number of hydrazine groups is 1. The van der Waals surface area contributed by atoms with E-state index in [1.165, 1.54) is 5.01 Å². The summed E-state index contributed by atoms with van der Waals surface area (Å²) in [4.78, 5) is 26.2. The summed E-state index contributed by atoms with van der Waals surface area (Å²) in [5, 5.41) is 10.1. The number of nitrogens with one attached hydrogen (secondary N) is 1. The maximum absolute atomic E-state index is 11.6. The number of rotatable bonds is 6. The van der Waals surface area contributed by atoms with Crippen molar-refractivity contribution in [2.24, 2.45) is 5.92 Å². The number of aromatic nitrogens is 1. The van der Waals surface area contributed by atoms with Crippen LogP contribution in [0, 0.1) is 5.92 Å². The zero-order chi connectivity index (χ0) is 13.5. The Labute approximate surface area is 106 Å². The summed E-state index contributed by atoms with van der Waals surface area (Å²) in [5.41, 5.74) is 2.64. The summed E-state index contributed by atoms with van der Waals surface area (Å²) in [6.07, 6.45) is 1.79. The molecule has 1 heterocycles. The first-order valence-electron chi connectivity index (χ1n) is 5.65. The van der Waals surface area contributed by atoms with Crippen molar-refractivity contribution in [1.29, 1.82) is 0 Å². The first-order chi connectivity index (χ1) is 8.49. The first kappa shape index (κ1) is 14.0. The molecule has 6 heteroatoms. The predicted molar refractivity (Wildman–Crippen MR) is 66.8 cm³/mol. The average molecular weight is 251 g/mol. The normalized spacial score (nSPS) is 11.7. The van der Waals surface area contributed by atoms with E-state index in [1.807, 2.05) is 6.07 Å². The third-order valence-corrected chi connectivity index (χ3v) is 2.34. The van der Waals surface area contributed by atoms with Gasteiger partial charge in [-0.25, -0.2) is 4.98 Å². The Bertz CT molecular complexity index is 408. The monoisotopic (exact) mass is 251 g/mol. The van der Waals surface area contributed by atoms with Crippen molar-refractivity contribution in [2.75, 3.05) is 12.1 Å². The molecule has 0 aromatic carbocycles. The molecule has 0 aliphatic heterocycles. The molecule has 18 heavy (non-hydrogen) atoms. The summed E-state index contributed by atoms with van der Waals surface area (Å²) in [5.74, 6) is -0.693. The number of carboxylic acid groups (broad SMARTS) is 1. The van der Waals surface area contributed by atoms with Crippen LogP contribution >= 0.6 is 0 Å². The summed E-state index contributed by atoms with van der Waals surface area (Å²) in [6.45, 7) is 1.73. The second kappa shape index (κ2) is 6.58. The number of pyridine rings is 1. The van der Waals surface area contributed by atoms with E-state index in [0.29, 0.717) is 5.82 Å². The average Bonchev–Trinajstić information content (AvgIpc) is 2.28. The minimum absolute atomic E-state index is 0.0132. The van der Waals surface area contributed by atoms with Crippen LogP contribution in [0.3, 0.4) is 0 Å². The van der Waals surface area contributed by atoms with E-state index in [1.54, 1.807) is 32.3 Å². The summed E-state index contributed by atoms with van der Waals surface area (Å²) in [7, 11) is 1.68. The van der Waals surface area contributed by atoms with Gasteiger partial charge in [0.05, 0.1) is 0 Å². The fourth-order valence-electron chi connectivity index (χ4n) is 1.53. The summed E-state index contributed by atoms with van der Waals surface area (Å²) in [6, 6.07) is 5.37. The number of anilines is 1. The minimum atomic E-state index is -0.895. The minimum Gasteiger partial charge on any atom is -0.481 e. The smallest absolute Gasteiger partial charge is 0.303 e. The Morgan fingerprint density at radius 1 is 1.44 bits per heavy atom. The molecule has 0 aliphatic rings. The maximum atomic E-state index is 11.6. The largest absolute Gasteiger partial charge is 0.481 e. The van der Waals surface area contributed by atoms with Crippen LogP contribution in [0.25, 0.3) is 0 Å². The fraction of sp³-hybridized carbons (Fsp3) is 0.417. The van der Waals surface area contributed by atoms with Gasteiger partial charge in [0, 0.05) is 26.1 Å². The van der Waals surface area contributed by atoms with E-state index in [-0.39, 0.29) is 24.7 Å². The number of nitrogens with zero attached hydrogens (tertiary/aromatic N) is 2. The van der Waals surface area contributed by atoms with Crippen LogP contribution in [0.1, 0.15) is 19.8 Å². The topological polar surface area (TPSA) is 82.5 Å². The third kappa shape index (κ3) is 4.82. The zero-order valence-electron chi connectivity index (χ0n) is 10.5. The fourth-order valence-corrected chi connectivity index (χ4v) is 1.53. The molecule has 0 saturated carbocycles. The lowest BCUT2D eigenvalue weighted by molar-refractivity contribution is -0.138.